The summed E-state index contributed by atoms with van der Waals surface area (Å²) in [5, 5.41) is 9.57. The maximum absolute atomic E-state index is 13.3. The predicted molar refractivity (Wildman–Crippen MR) is 101 cm³/mol. The van der Waals surface area contributed by atoms with E-state index in [1.807, 2.05) is 53.9 Å². The Morgan fingerprint density at radius 2 is 2.04 bits per heavy atom. The molecule has 3 heterocycles. The molecule has 0 unspecified atom stereocenters. The molecule has 0 radical (unpaired) electrons. The summed E-state index contributed by atoms with van der Waals surface area (Å²) in [7, 11) is 1.98. The molecule has 1 atom stereocenters. The number of benzene rings is 1. The molecule has 1 aliphatic rings. The van der Waals surface area contributed by atoms with Crippen molar-refractivity contribution in [3.8, 4) is 0 Å². The van der Waals surface area contributed by atoms with Crippen LogP contribution in [0.15, 0.2) is 30.5 Å². The van der Waals surface area contributed by atoms with Gasteiger partial charge in [-0.05, 0) is 25.3 Å². The van der Waals surface area contributed by atoms with Crippen LogP contribution in [-0.2, 0) is 13.6 Å². The lowest BCUT2D eigenvalue weighted by atomic mass is 10.0. The number of carbonyl (C=O) groups excluding carboxylic acids is 1. The zero-order chi connectivity index (χ0) is 18.4. The van der Waals surface area contributed by atoms with Crippen molar-refractivity contribution in [3.05, 3.63) is 47.7 Å². The minimum atomic E-state index is 0.0717. The summed E-state index contributed by atoms with van der Waals surface area (Å²) in [6.07, 6.45) is 2.94. The molecule has 1 aliphatic heterocycles. The van der Waals surface area contributed by atoms with Crippen molar-refractivity contribution in [2.24, 2.45) is 13.0 Å². The van der Waals surface area contributed by atoms with Gasteiger partial charge in [0.05, 0.1) is 18.2 Å². The summed E-state index contributed by atoms with van der Waals surface area (Å²) in [4.78, 5) is 15.3. The van der Waals surface area contributed by atoms with Gasteiger partial charge >= 0.3 is 0 Å². The molecule has 4 rings (SSSR count). The third-order valence-corrected chi connectivity index (χ3v) is 5.22. The van der Waals surface area contributed by atoms with E-state index in [1.54, 1.807) is 0 Å². The lowest BCUT2D eigenvalue weighted by Gasteiger charge is -2.35. The Hall–Kier alpha value is -2.63. The first kappa shape index (κ1) is 16.8. The Bertz CT molecular complexity index is 968. The minimum absolute atomic E-state index is 0.0717. The largest absolute Gasteiger partial charge is 0.350 e. The van der Waals surface area contributed by atoms with E-state index in [4.69, 9.17) is 0 Å². The Morgan fingerprint density at radius 1 is 1.27 bits per heavy atom. The highest BCUT2D eigenvalue weighted by Gasteiger charge is 2.32. The number of para-hydroxylation sites is 1. The smallest absolute Gasteiger partial charge is 0.256 e. The molecule has 136 valence electrons. The molecule has 3 aromatic rings. The van der Waals surface area contributed by atoms with Crippen molar-refractivity contribution in [2.75, 3.05) is 6.54 Å². The quantitative estimate of drug-likeness (QED) is 0.727. The van der Waals surface area contributed by atoms with E-state index in [2.05, 4.69) is 28.6 Å². The van der Waals surface area contributed by atoms with Crippen LogP contribution < -0.4 is 0 Å². The van der Waals surface area contributed by atoms with Crippen molar-refractivity contribution in [2.45, 2.75) is 39.8 Å². The van der Waals surface area contributed by atoms with Gasteiger partial charge in [-0.3, -0.25) is 4.79 Å². The second-order valence-electron chi connectivity index (χ2n) is 7.67. The molecule has 0 spiro atoms. The van der Waals surface area contributed by atoms with Crippen LogP contribution >= 0.6 is 0 Å². The van der Waals surface area contributed by atoms with E-state index in [0.29, 0.717) is 19.0 Å². The number of aromatic nitrogens is 4. The van der Waals surface area contributed by atoms with Gasteiger partial charge in [0.15, 0.2) is 5.82 Å². The van der Waals surface area contributed by atoms with Crippen LogP contribution in [0.25, 0.3) is 10.9 Å². The number of rotatable bonds is 3. The Labute approximate surface area is 153 Å². The van der Waals surface area contributed by atoms with Crippen LogP contribution in [-0.4, -0.2) is 36.7 Å². The van der Waals surface area contributed by atoms with Crippen molar-refractivity contribution in [1.82, 2.24) is 24.2 Å². The summed E-state index contributed by atoms with van der Waals surface area (Å²) in [6, 6.07) is 8.28. The topological polar surface area (TPSA) is 56.0 Å². The second-order valence-corrected chi connectivity index (χ2v) is 7.67. The molecule has 0 N–H and O–H groups in total. The molecule has 2 aromatic heterocycles. The van der Waals surface area contributed by atoms with Crippen molar-refractivity contribution >= 4 is 16.8 Å². The molecule has 0 aliphatic carbocycles. The van der Waals surface area contributed by atoms with Gasteiger partial charge in [-0.25, -0.2) is 0 Å². The predicted octanol–water partition coefficient (Wildman–Crippen LogP) is 3.32. The van der Waals surface area contributed by atoms with Crippen LogP contribution in [0.1, 0.15) is 48.3 Å². The summed E-state index contributed by atoms with van der Waals surface area (Å²) in [5.74, 6) is 2.43. The zero-order valence-electron chi connectivity index (χ0n) is 15.8. The summed E-state index contributed by atoms with van der Waals surface area (Å²) in [6.45, 7) is 7.63. The average molecular weight is 351 g/mol. The van der Waals surface area contributed by atoms with Crippen molar-refractivity contribution in [1.29, 1.82) is 0 Å². The molecule has 6 nitrogen and oxygen atoms in total. The van der Waals surface area contributed by atoms with Crippen molar-refractivity contribution < 1.29 is 4.79 Å². The van der Waals surface area contributed by atoms with Crippen LogP contribution in [0.3, 0.4) is 0 Å². The van der Waals surface area contributed by atoms with Gasteiger partial charge in [-0.15, -0.1) is 10.2 Å². The molecule has 0 saturated heterocycles. The van der Waals surface area contributed by atoms with E-state index >= 15 is 0 Å². The van der Waals surface area contributed by atoms with E-state index in [0.717, 1.165) is 34.5 Å². The summed E-state index contributed by atoms with van der Waals surface area (Å²) in [5.41, 5.74) is 1.83. The third-order valence-electron chi connectivity index (χ3n) is 5.22. The normalized spacial score (nSPS) is 17.1. The number of aryl methyl sites for hydroxylation is 2. The molecule has 1 aromatic carbocycles. The van der Waals surface area contributed by atoms with Gasteiger partial charge in [-0.1, -0.05) is 32.0 Å². The fourth-order valence-corrected chi connectivity index (χ4v) is 4.13. The fourth-order valence-electron chi connectivity index (χ4n) is 4.13. The molecule has 26 heavy (non-hydrogen) atoms. The lowest BCUT2D eigenvalue weighted by molar-refractivity contribution is 0.0662. The van der Waals surface area contributed by atoms with E-state index in [1.165, 1.54) is 0 Å². The van der Waals surface area contributed by atoms with Crippen LogP contribution in [0, 0.1) is 12.8 Å². The SMILES string of the molecule is Cc1nnc2n1[C@@H](CC(C)C)CN(C(=O)c1cn(C)c3ccccc13)C2. The van der Waals surface area contributed by atoms with Gasteiger partial charge < -0.3 is 14.0 Å². The third kappa shape index (κ3) is 2.69. The number of fused-ring (bicyclic) bond motifs is 2. The molecule has 0 saturated carbocycles. The maximum atomic E-state index is 13.3. The first-order valence-electron chi connectivity index (χ1n) is 9.19. The van der Waals surface area contributed by atoms with Crippen LogP contribution in [0.4, 0.5) is 0 Å². The van der Waals surface area contributed by atoms with Gasteiger partial charge in [0.25, 0.3) is 5.91 Å². The molecule has 0 bridgehead atoms. The molecule has 1 amide bonds. The zero-order valence-corrected chi connectivity index (χ0v) is 15.8. The summed E-state index contributed by atoms with van der Waals surface area (Å²) >= 11 is 0. The first-order chi connectivity index (χ1) is 12.5. The molecular formula is C20H25N5O. The monoisotopic (exact) mass is 351 g/mol. The summed E-state index contributed by atoms with van der Waals surface area (Å²) < 4.78 is 4.23. The van der Waals surface area contributed by atoms with E-state index < -0.39 is 0 Å². The number of hydrogen-bond acceptors (Lipinski definition) is 3. The standard InChI is InChI=1S/C20H25N5O/c1-13(2)9-15-10-24(12-19-22-21-14(3)25(15)19)20(26)17-11-23(4)18-8-6-5-7-16(17)18/h5-8,11,13,15H,9-10,12H2,1-4H3/t15-/m0/s1. The van der Waals surface area contributed by atoms with Crippen LogP contribution in [0.5, 0.6) is 0 Å². The van der Waals surface area contributed by atoms with Gasteiger partial charge in [0, 0.05) is 30.7 Å². The number of amides is 1. The average Bonchev–Trinajstić information content (AvgIpc) is 3.15. The van der Waals surface area contributed by atoms with E-state index in [9.17, 15) is 4.79 Å². The first-order valence-corrected chi connectivity index (χ1v) is 9.19. The Balaban J connectivity index is 1.70. The van der Waals surface area contributed by atoms with Crippen molar-refractivity contribution in [3.63, 3.8) is 0 Å². The van der Waals surface area contributed by atoms with Gasteiger partial charge in [0.2, 0.25) is 0 Å². The lowest BCUT2D eigenvalue weighted by Crippen LogP contribution is -2.41. The highest BCUT2D eigenvalue weighted by Crippen LogP contribution is 2.29. The van der Waals surface area contributed by atoms with Crippen LogP contribution in [0.2, 0.25) is 0 Å². The fraction of sp³-hybridized carbons (Fsp3) is 0.450. The number of hydrogen-bond donors (Lipinski definition) is 0. The Kier molecular flexibility index (Phi) is 4.05. The highest BCUT2D eigenvalue weighted by atomic mass is 16.2. The number of nitrogens with zero attached hydrogens (tertiary/aromatic N) is 5. The molecule has 0 fully saturated rings. The number of carbonyl (C=O) groups is 1. The maximum Gasteiger partial charge on any atom is 0.256 e. The highest BCUT2D eigenvalue weighted by molar-refractivity contribution is 6.07. The minimum Gasteiger partial charge on any atom is -0.350 e. The van der Waals surface area contributed by atoms with E-state index in [-0.39, 0.29) is 11.9 Å². The van der Waals surface area contributed by atoms with Gasteiger partial charge in [-0.2, -0.15) is 0 Å². The van der Waals surface area contributed by atoms with Gasteiger partial charge in [0.1, 0.15) is 5.82 Å². The molecular weight excluding hydrogens is 326 g/mol. The Morgan fingerprint density at radius 3 is 2.81 bits per heavy atom. The second kappa shape index (κ2) is 6.27. The molecule has 6 heteroatoms.